The van der Waals surface area contributed by atoms with Gasteiger partial charge < -0.3 is 16.1 Å². The second kappa shape index (κ2) is 11.3. The highest BCUT2D eigenvalue weighted by molar-refractivity contribution is 6.35. The van der Waals surface area contributed by atoms with Crippen molar-refractivity contribution in [3.8, 4) is 12.3 Å². The summed E-state index contributed by atoms with van der Waals surface area (Å²) in [6, 6.07) is 11.2. The Morgan fingerprint density at radius 2 is 1.88 bits per heavy atom. The van der Waals surface area contributed by atoms with E-state index >= 15 is 0 Å². The molecule has 0 spiro atoms. The lowest BCUT2D eigenvalue weighted by Crippen LogP contribution is -2.53. The number of alkyl halides is 2. The molecule has 1 aliphatic heterocycles. The van der Waals surface area contributed by atoms with Crippen molar-refractivity contribution >= 4 is 44.7 Å². The van der Waals surface area contributed by atoms with Crippen molar-refractivity contribution in [2.75, 3.05) is 17.2 Å². The summed E-state index contributed by atoms with van der Waals surface area (Å²) in [4.78, 5) is 8.81. The van der Waals surface area contributed by atoms with Gasteiger partial charge in [-0.1, -0.05) is 56.5 Å². The van der Waals surface area contributed by atoms with E-state index < -0.39 is 18.0 Å². The number of benzene rings is 2. The Morgan fingerprint density at radius 1 is 1.10 bits per heavy atom. The molecule has 1 atom stereocenters. The van der Waals surface area contributed by atoms with Gasteiger partial charge >= 0.3 is 0 Å². The van der Waals surface area contributed by atoms with Gasteiger partial charge in [0.2, 0.25) is 0 Å². The molecule has 0 saturated carbocycles. The topological polar surface area (TPSA) is 77.1 Å². The molecule has 218 valence electrons. The minimum absolute atomic E-state index is 0.000922. The number of nitrogens with zero attached hydrogens (tertiary/aromatic N) is 3. The van der Waals surface area contributed by atoms with Crippen LogP contribution in [-0.4, -0.2) is 33.5 Å². The smallest absolute Gasteiger partial charge is 0.262 e. The minimum Gasteiger partial charge on any atom is -0.383 e. The third-order valence-corrected chi connectivity index (χ3v) is 7.56. The first-order valence-electron chi connectivity index (χ1n) is 13.6. The summed E-state index contributed by atoms with van der Waals surface area (Å²) in [5, 5.41) is 11.6. The summed E-state index contributed by atoms with van der Waals surface area (Å²) in [5.74, 6) is 2.73. The molecule has 0 radical (unpaired) electrons. The predicted octanol–water partition coefficient (Wildman–Crippen LogP) is 7.24. The molecule has 5 rings (SSSR count). The number of pyridine rings is 2. The number of nitrogens with one attached hydrogen (secondary N) is 4. The van der Waals surface area contributed by atoms with Gasteiger partial charge in [0.15, 0.2) is 0 Å². The van der Waals surface area contributed by atoms with Gasteiger partial charge in [-0.2, -0.15) is 0 Å². The van der Waals surface area contributed by atoms with Crippen LogP contribution >= 0.6 is 11.6 Å². The number of fused-ring (bicyclic) bond motifs is 2. The van der Waals surface area contributed by atoms with Crippen molar-refractivity contribution in [1.29, 1.82) is 0 Å². The molecule has 1 aliphatic rings. The number of aromatic nitrogens is 2. The zero-order valence-corrected chi connectivity index (χ0v) is 24.9. The fourth-order valence-corrected chi connectivity index (χ4v) is 5.04. The van der Waals surface area contributed by atoms with Crippen LogP contribution in [0.5, 0.6) is 0 Å². The first-order chi connectivity index (χ1) is 19.9. The largest absolute Gasteiger partial charge is 0.383 e. The Kier molecular flexibility index (Phi) is 7.88. The van der Waals surface area contributed by atoms with Crippen LogP contribution in [0.1, 0.15) is 51.8 Å². The molecule has 7 nitrogen and oxygen atoms in total. The molecule has 4 aromatic rings. The highest BCUT2D eigenvalue weighted by atomic mass is 35.5. The SMILES string of the molecule is C#Cc1cnc2c(Cl)cc(N[C@H](C3=CN(C(C)(C)C(F)F)NN3)c3cccc4cnccc34)cc2c1NCC(C)(C)C. The maximum atomic E-state index is 13.9. The highest BCUT2D eigenvalue weighted by Crippen LogP contribution is 2.38. The molecule has 0 aliphatic carbocycles. The molecule has 0 unspecified atom stereocenters. The quantitative estimate of drug-likeness (QED) is 0.161. The van der Waals surface area contributed by atoms with Gasteiger partial charge in [0.05, 0.1) is 33.5 Å². The van der Waals surface area contributed by atoms with Gasteiger partial charge in [0, 0.05) is 47.8 Å². The van der Waals surface area contributed by atoms with Crippen molar-refractivity contribution in [1.82, 2.24) is 25.9 Å². The summed E-state index contributed by atoms with van der Waals surface area (Å²) < 4.78 is 27.8. The molecule has 2 aromatic carbocycles. The molecular weight excluding hydrogens is 556 g/mol. The van der Waals surface area contributed by atoms with Crippen molar-refractivity contribution in [2.45, 2.75) is 52.6 Å². The summed E-state index contributed by atoms with van der Waals surface area (Å²) in [7, 11) is 0. The predicted molar refractivity (Wildman–Crippen MR) is 167 cm³/mol. The Bertz CT molecular complexity index is 1700. The number of halogens is 3. The van der Waals surface area contributed by atoms with E-state index in [4.69, 9.17) is 18.0 Å². The van der Waals surface area contributed by atoms with Crippen LogP contribution in [0.25, 0.3) is 21.7 Å². The van der Waals surface area contributed by atoms with Crippen LogP contribution in [0.3, 0.4) is 0 Å². The monoisotopic (exact) mass is 589 g/mol. The Labute approximate surface area is 249 Å². The second-order valence-electron chi connectivity index (χ2n) is 12.1. The lowest BCUT2D eigenvalue weighted by molar-refractivity contribution is -0.0311. The van der Waals surface area contributed by atoms with Gasteiger partial charge in [0.1, 0.15) is 5.54 Å². The number of hydrazine groups is 2. The number of rotatable bonds is 8. The number of terminal acetylenes is 1. The molecule has 2 aromatic heterocycles. The number of anilines is 2. The van der Waals surface area contributed by atoms with E-state index in [1.807, 2.05) is 36.4 Å². The van der Waals surface area contributed by atoms with Gasteiger partial charge in [-0.15, -0.1) is 12.0 Å². The van der Waals surface area contributed by atoms with E-state index in [2.05, 4.69) is 58.3 Å². The molecule has 4 N–H and O–H groups in total. The Balaban J connectivity index is 1.64. The minimum atomic E-state index is -2.59. The fourth-order valence-electron chi connectivity index (χ4n) is 4.78. The summed E-state index contributed by atoms with van der Waals surface area (Å²) in [6.07, 6.45) is 10.1. The molecule has 0 saturated heterocycles. The molecule has 0 bridgehead atoms. The van der Waals surface area contributed by atoms with Gasteiger partial charge in [-0.25, -0.2) is 8.78 Å². The second-order valence-corrected chi connectivity index (χ2v) is 12.5. The van der Waals surface area contributed by atoms with E-state index in [1.54, 1.807) is 24.8 Å². The standard InChI is InChI=1S/C32H34ClF2N7/c1-7-19-16-37-28-24(27(19)38-18-31(2,3)4)13-21(14-25(28)33)39-29(23-10-8-9-20-15-36-12-11-22(20)23)26-17-42(41-40-26)32(5,6)30(34)35/h1,8-17,29-30,39-41H,18H2,2-6H3,(H,37,38)/t29-/m0/s1. The third-order valence-electron chi connectivity index (χ3n) is 7.27. The maximum absolute atomic E-state index is 13.9. The Hall–Kier alpha value is -4.13. The normalized spacial score (nSPS) is 14.6. The lowest BCUT2D eigenvalue weighted by atomic mass is 9.96. The van der Waals surface area contributed by atoms with Crippen molar-refractivity contribution in [3.63, 3.8) is 0 Å². The van der Waals surface area contributed by atoms with Crippen LogP contribution < -0.4 is 21.6 Å². The summed E-state index contributed by atoms with van der Waals surface area (Å²) >= 11 is 6.80. The van der Waals surface area contributed by atoms with Gasteiger partial charge in [-0.05, 0) is 48.4 Å². The fraction of sp³-hybridized carbons (Fsp3) is 0.312. The van der Waals surface area contributed by atoms with Crippen molar-refractivity contribution in [3.05, 3.63) is 83.0 Å². The zero-order chi connectivity index (χ0) is 30.2. The lowest BCUT2D eigenvalue weighted by Gasteiger charge is -2.33. The third kappa shape index (κ3) is 5.78. The molecule has 3 heterocycles. The molecule has 10 heteroatoms. The van der Waals surface area contributed by atoms with Crippen LogP contribution in [0.2, 0.25) is 5.02 Å². The zero-order valence-electron chi connectivity index (χ0n) is 24.2. The van der Waals surface area contributed by atoms with Crippen LogP contribution in [0.4, 0.5) is 20.2 Å². The van der Waals surface area contributed by atoms with Crippen molar-refractivity contribution < 1.29 is 8.78 Å². The summed E-state index contributed by atoms with van der Waals surface area (Å²) in [5.41, 5.74) is 8.85. The van der Waals surface area contributed by atoms with Gasteiger partial charge in [0.25, 0.3) is 6.43 Å². The van der Waals surface area contributed by atoms with Crippen LogP contribution in [-0.2, 0) is 0 Å². The number of hydrogen-bond donors (Lipinski definition) is 4. The molecule has 42 heavy (non-hydrogen) atoms. The first-order valence-corrected chi connectivity index (χ1v) is 14.0. The molecule has 0 amide bonds. The molecule has 0 fully saturated rings. The average Bonchev–Trinajstić information content (AvgIpc) is 3.45. The highest BCUT2D eigenvalue weighted by Gasteiger charge is 2.38. The average molecular weight is 590 g/mol. The van der Waals surface area contributed by atoms with E-state index in [1.165, 1.54) is 18.9 Å². The first kappa shape index (κ1) is 29.4. The van der Waals surface area contributed by atoms with Gasteiger partial charge in [-0.3, -0.25) is 15.0 Å². The van der Waals surface area contributed by atoms with Crippen molar-refractivity contribution in [2.24, 2.45) is 5.41 Å². The maximum Gasteiger partial charge on any atom is 0.262 e. The van der Waals surface area contributed by atoms with Crippen LogP contribution in [0.15, 0.2) is 66.9 Å². The Morgan fingerprint density at radius 3 is 2.60 bits per heavy atom. The van der Waals surface area contributed by atoms with Crippen LogP contribution in [0, 0.1) is 17.8 Å². The molecular formula is C32H34ClF2N7. The number of hydrogen-bond acceptors (Lipinski definition) is 7. The van der Waals surface area contributed by atoms with E-state index in [0.717, 1.165) is 27.4 Å². The van der Waals surface area contributed by atoms with E-state index in [0.29, 0.717) is 34.0 Å². The van der Waals surface area contributed by atoms with E-state index in [-0.39, 0.29) is 5.41 Å². The summed E-state index contributed by atoms with van der Waals surface area (Å²) in [6.45, 7) is 10.0. The van der Waals surface area contributed by atoms with E-state index in [9.17, 15) is 8.78 Å².